The summed E-state index contributed by atoms with van der Waals surface area (Å²) in [5.74, 6) is 4.47. The van der Waals surface area contributed by atoms with E-state index >= 15 is 0 Å². The van der Waals surface area contributed by atoms with E-state index in [1.54, 1.807) is 0 Å². The number of rotatable bonds is 0. The zero-order valence-corrected chi connectivity index (χ0v) is 13.6. The number of ketones is 1. The van der Waals surface area contributed by atoms with Crippen molar-refractivity contribution in [2.45, 2.75) is 77.2 Å². The fourth-order valence-electron chi connectivity index (χ4n) is 6.85. The van der Waals surface area contributed by atoms with Gasteiger partial charge in [0.25, 0.3) is 0 Å². The Kier molecular flexibility index (Phi) is 3.10. The second-order valence-electron chi connectivity index (χ2n) is 9.09. The van der Waals surface area contributed by atoms with Gasteiger partial charge in [0.2, 0.25) is 0 Å². The zero-order chi connectivity index (χ0) is 14.8. The molecule has 0 radical (unpaired) electrons. The van der Waals surface area contributed by atoms with Crippen LogP contribution in [-0.2, 0) is 4.79 Å². The molecule has 21 heavy (non-hydrogen) atoms. The van der Waals surface area contributed by atoms with Crippen LogP contribution in [0.25, 0.3) is 0 Å². The Morgan fingerprint density at radius 3 is 2.52 bits per heavy atom. The Balaban J connectivity index is 1.57. The van der Waals surface area contributed by atoms with E-state index in [0.29, 0.717) is 11.7 Å². The molecule has 4 fully saturated rings. The molecular formula is C19H30O2. The fraction of sp³-hybridized carbons (Fsp3) is 0.947. The van der Waals surface area contributed by atoms with Gasteiger partial charge in [-0.05, 0) is 87.9 Å². The maximum Gasteiger partial charge on any atom is 0.139 e. The van der Waals surface area contributed by atoms with Crippen LogP contribution >= 0.6 is 0 Å². The van der Waals surface area contributed by atoms with Gasteiger partial charge in [-0.2, -0.15) is 0 Å². The number of aliphatic hydroxyl groups is 1. The third-order valence-electron chi connectivity index (χ3n) is 7.95. The first-order chi connectivity index (χ1) is 9.91. The van der Waals surface area contributed by atoms with Crippen molar-refractivity contribution in [1.29, 1.82) is 0 Å². The molecule has 0 aromatic rings. The third-order valence-corrected chi connectivity index (χ3v) is 7.95. The molecule has 2 nitrogen and oxygen atoms in total. The maximum atomic E-state index is 12.3. The van der Waals surface area contributed by atoms with Crippen molar-refractivity contribution >= 4 is 5.78 Å². The van der Waals surface area contributed by atoms with Crippen LogP contribution in [0.3, 0.4) is 0 Å². The van der Waals surface area contributed by atoms with Crippen molar-refractivity contribution in [1.82, 2.24) is 0 Å². The molecule has 0 unspecified atom stereocenters. The quantitative estimate of drug-likeness (QED) is 0.733. The Labute approximate surface area is 128 Å². The van der Waals surface area contributed by atoms with Crippen molar-refractivity contribution in [3.8, 4) is 0 Å². The van der Waals surface area contributed by atoms with Gasteiger partial charge < -0.3 is 5.11 Å². The molecular weight excluding hydrogens is 260 g/mol. The lowest BCUT2D eigenvalue weighted by Gasteiger charge is -2.55. The van der Waals surface area contributed by atoms with Gasteiger partial charge in [-0.3, -0.25) is 4.79 Å². The standard InChI is InChI=1S/C19H30O2/c1-18(21)9-7-13-12(11-18)3-4-15-14(13)8-10-19(2)16(15)5-6-17(19)20/h12-16,21H,3-11H2,1-2H3/t12-,13-,14+,15+,16-,18+,19-/m0/s1. The highest BCUT2D eigenvalue weighted by atomic mass is 16.3. The molecule has 4 aliphatic carbocycles. The summed E-state index contributed by atoms with van der Waals surface area (Å²) in [4.78, 5) is 12.3. The summed E-state index contributed by atoms with van der Waals surface area (Å²) in [6.07, 6.45) is 10.2. The van der Waals surface area contributed by atoms with E-state index in [4.69, 9.17) is 0 Å². The third kappa shape index (κ3) is 2.04. The van der Waals surface area contributed by atoms with E-state index < -0.39 is 5.60 Å². The molecule has 0 saturated heterocycles. The molecule has 0 amide bonds. The Morgan fingerprint density at radius 1 is 0.952 bits per heavy atom. The number of carbonyl (C=O) groups is 1. The van der Waals surface area contributed by atoms with Crippen molar-refractivity contribution in [2.24, 2.45) is 35.0 Å². The minimum absolute atomic E-state index is 0.0220. The molecule has 0 aromatic carbocycles. The lowest BCUT2D eigenvalue weighted by Crippen LogP contribution is -2.50. The van der Waals surface area contributed by atoms with Crippen molar-refractivity contribution in [2.75, 3.05) is 0 Å². The Morgan fingerprint density at radius 2 is 1.71 bits per heavy atom. The molecule has 4 aliphatic rings. The monoisotopic (exact) mass is 290 g/mol. The summed E-state index contributed by atoms with van der Waals surface area (Å²) in [5, 5.41) is 10.4. The van der Waals surface area contributed by atoms with E-state index in [1.165, 1.54) is 25.7 Å². The summed E-state index contributed by atoms with van der Waals surface area (Å²) < 4.78 is 0. The predicted octanol–water partition coefficient (Wildman–Crippen LogP) is 3.96. The first kappa shape index (κ1) is 14.2. The first-order valence-corrected chi connectivity index (χ1v) is 9.16. The summed E-state index contributed by atoms with van der Waals surface area (Å²) >= 11 is 0. The van der Waals surface area contributed by atoms with E-state index in [0.717, 1.165) is 55.8 Å². The van der Waals surface area contributed by atoms with Crippen molar-refractivity contribution in [3.63, 3.8) is 0 Å². The van der Waals surface area contributed by atoms with Crippen LogP contribution in [0.4, 0.5) is 0 Å². The van der Waals surface area contributed by atoms with E-state index in [1.807, 2.05) is 6.92 Å². The van der Waals surface area contributed by atoms with Gasteiger partial charge in [0.15, 0.2) is 0 Å². The molecule has 0 heterocycles. The highest BCUT2D eigenvalue weighted by molar-refractivity contribution is 5.87. The lowest BCUT2D eigenvalue weighted by atomic mass is 9.50. The van der Waals surface area contributed by atoms with Gasteiger partial charge in [0, 0.05) is 11.8 Å². The van der Waals surface area contributed by atoms with Crippen LogP contribution in [0.5, 0.6) is 0 Å². The normalized spacial score (nSPS) is 56.5. The van der Waals surface area contributed by atoms with Crippen molar-refractivity contribution < 1.29 is 9.90 Å². The summed E-state index contributed by atoms with van der Waals surface area (Å²) in [6, 6.07) is 0. The molecule has 1 N–H and O–H groups in total. The fourth-order valence-corrected chi connectivity index (χ4v) is 6.85. The molecule has 4 saturated carbocycles. The second kappa shape index (κ2) is 4.57. The van der Waals surface area contributed by atoms with Crippen LogP contribution in [0, 0.1) is 35.0 Å². The summed E-state index contributed by atoms with van der Waals surface area (Å²) in [7, 11) is 0. The minimum atomic E-state index is -0.416. The van der Waals surface area contributed by atoms with Crippen LogP contribution < -0.4 is 0 Å². The smallest absolute Gasteiger partial charge is 0.139 e. The number of fused-ring (bicyclic) bond motifs is 5. The largest absolute Gasteiger partial charge is 0.390 e. The van der Waals surface area contributed by atoms with Gasteiger partial charge in [-0.25, -0.2) is 0 Å². The molecule has 118 valence electrons. The predicted molar refractivity (Wildman–Crippen MR) is 82.7 cm³/mol. The zero-order valence-electron chi connectivity index (χ0n) is 13.6. The molecule has 0 bridgehead atoms. The molecule has 4 rings (SSSR count). The average Bonchev–Trinajstić information content (AvgIpc) is 2.73. The Hall–Kier alpha value is -0.370. The lowest BCUT2D eigenvalue weighted by molar-refractivity contribution is -0.134. The van der Waals surface area contributed by atoms with E-state index in [9.17, 15) is 9.90 Å². The number of Topliss-reactive ketones (excluding diaryl/α,β-unsaturated/α-hetero) is 1. The maximum absolute atomic E-state index is 12.3. The molecule has 0 aromatic heterocycles. The minimum Gasteiger partial charge on any atom is -0.390 e. The van der Waals surface area contributed by atoms with Crippen LogP contribution in [-0.4, -0.2) is 16.5 Å². The van der Waals surface area contributed by atoms with Gasteiger partial charge in [0.1, 0.15) is 5.78 Å². The summed E-state index contributed by atoms with van der Waals surface area (Å²) in [6.45, 7) is 4.30. The van der Waals surface area contributed by atoms with Crippen LogP contribution in [0.15, 0.2) is 0 Å². The van der Waals surface area contributed by atoms with E-state index in [2.05, 4.69) is 6.92 Å². The van der Waals surface area contributed by atoms with E-state index in [-0.39, 0.29) is 5.41 Å². The van der Waals surface area contributed by atoms with Crippen LogP contribution in [0.1, 0.15) is 71.6 Å². The van der Waals surface area contributed by atoms with Crippen LogP contribution in [0.2, 0.25) is 0 Å². The second-order valence-corrected chi connectivity index (χ2v) is 9.09. The first-order valence-electron chi connectivity index (χ1n) is 9.16. The van der Waals surface area contributed by atoms with Gasteiger partial charge in [-0.1, -0.05) is 6.92 Å². The summed E-state index contributed by atoms with van der Waals surface area (Å²) in [5.41, 5.74) is -0.394. The molecule has 7 atom stereocenters. The number of carbonyl (C=O) groups excluding carboxylic acids is 1. The van der Waals surface area contributed by atoms with Crippen molar-refractivity contribution in [3.05, 3.63) is 0 Å². The highest BCUT2D eigenvalue weighted by Crippen LogP contribution is 2.61. The SMILES string of the molecule is C[C@@]1(O)CC[C@H]2[C@@H](CC[C@@H]3[C@@H]2CC[C@]2(C)C(=O)CC[C@@H]32)C1. The molecule has 2 heteroatoms. The number of hydrogen-bond acceptors (Lipinski definition) is 2. The topological polar surface area (TPSA) is 37.3 Å². The average molecular weight is 290 g/mol. The van der Waals surface area contributed by atoms with Gasteiger partial charge in [-0.15, -0.1) is 0 Å². The van der Waals surface area contributed by atoms with Gasteiger partial charge >= 0.3 is 0 Å². The Bertz CT molecular complexity index is 454. The highest BCUT2D eigenvalue weighted by Gasteiger charge is 2.57. The number of hydrogen-bond donors (Lipinski definition) is 1. The molecule has 0 spiro atoms. The van der Waals surface area contributed by atoms with Gasteiger partial charge in [0.05, 0.1) is 5.60 Å². The molecule has 0 aliphatic heterocycles.